The van der Waals surface area contributed by atoms with Crippen LogP contribution in [0.3, 0.4) is 0 Å². The highest BCUT2D eigenvalue weighted by Crippen LogP contribution is 2.37. The highest BCUT2D eigenvalue weighted by molar-refractivity contribution is 6.39. The summed E-state index contributed by atoms with van der Waals surface area (Å²) in [6, 6.07) is -1.12. The lowest BCUT2D eigenvalue weighted by Crippen LogP contribution is -2.61. The fourth-order valence-electron chi connectivity index (χ4n) is 9.94. The van der Waals surface area contributed by atoms with Crippen LogP contribution < -0.4 is 0 Å². The van der Waals surface area contributed by atoms with E-state index >= 15 is 0 Å². The van der Waals surface area contributed by atoms with Crippen molar-refractivity contribution in [1.82, 2.24) is 4.90 Å². The van der Waals surface area contributed by atoms with E-state index in [0.717, 1.165) is 18.4 Å². The van der Waals surface area contributed by atoms with Crippen molar-refractivity contribution in [2.24, 2.45) is 41.4 Å². The molecule has 63 heavy (non-hydrogen) atoms. The molecule has 2 saturated heterocycles. The molecule has 4 rings (SSSR count). The minimum absolute atomic E-state index is 0.00119. The van der Waals surface area contributed by atoms with Crippen LogP contribution in [0.25, 0.3) is 0 Å². The number of aliphatic hydroxyl groups is 4. The largest absolute Gasteiger partial charge is 0.460 e. The number of fused-ring (bicyclic) bond motifs is 3. The summed E-state index contributed by atoms with van der Waals surface area (Å²) in [6.45, 7) is 12.1. The average molecular weight is 884 g/mol. The molecule has 1 saturated carbocycles. The Hall–Kier alpha value is -3.33. The van der Waals surface area contributed by atoms with Crippen molar-refractivity contribution in [1.29, 1.82) is 0 Å². The molecule has 0 aromatic heterocycles. The van der Waals surface area contributed by atoms with Crippen LogP contribution in [0.4, 0.5) is 0 Å². The predicted molar refractivity (Wildman–Crippen MR) is 239 cm³/mol. The second kappa shape index (κ2) is 24.3. The quantitative estimate of drug-likeness (QED) is 0.140. The Balaban J connectivity index is 1.69. The number of Topliss-reactive ketones (excluding diaryl/α,β-unsaturated/α-hetero) is 3. The van der Waals surface area contributed by atoms with Crippen molar-refractivity contribution < 1.29 is 58.6 Å². The molecule has 0 aromatic carbocycles. The lowest BCUT2D eigenvalue weighted by atomic mass is 9.79. The van der Waals surface area contributed by atoms with Crippen LogP contribution in [0.5, 0.6) is 0 Å². The Morgan fingerprint density at radius 2 is 1.59 bits per heavy atom. The molecule has 4 aliphatic rings. The number of piperidine rings is 1. The van der Waals surface area contributed by atoms with E-state index in [-0.39, 0.29) is 54.8 Å². The number of ether oxygens (including phenoxy) is 3. The topological polar surface area (TPSA) is 197 Å². The van der Waals surface area contributed by atoms with Crippen molar-refractivity contribution in [3.05, 3.63) is 47.6 Å². The maximum absolute atomic E-state index is 14.3. The fraction of sp³-hybridized carbons (Fsp3) is 0.740. The number of ketones is 3. The zero-order chi connectivity index (χ0) is 46.6. The maximum Gasteiger partial charge on any atom is 0.329 e. The molecule has 3 fully saturated rings. The van der Waals surface area contributed by atoms with Gasteiger partial charge in [-0.3, -0.25) is 19.2 Å². The first-order valence-corrected chi connectivity index (χ1v) is 23.5. The van der Waals surface area contributed by atoms with Gasteiger partial charge in [-0.05, 0) is 113 Å². The van der Waals surface area contributed by atoms with E-state index in [1.165, 1.54) is 4.90 Å². The number of methoxy groups -OCH3 is 1. The van der Waals surface area contributed by atoms with Crippen LogP contribution in [0.2, 0.25) is 0 Å². The number of aliphatic hydroxyl groups excluding tert-OH is 3. The van der Waals surface area contributed by atoms with Gasteiger partial charge in [0, 0.05) is 44.2 Å². The van der Waals surface area contributed by atoms with Crippen LogP contribution in [-0.4, -0.2) is 117 Å². The molecule has 354 valence electrons. The number of carbonyl (C=O) groups is 5. The van der Waals surface area contributed by atoms with Gasteiger partial charge >= 0.3 is 5.97 Å². The molecule has 1 aliphatic carbocycles. The number of hydrogen-bond acceptors (Lipinski definition) is 12. The molecule has 0 unspecified atom stereocenters. The molecule has 3 aliphatic heterocycles. The Morgan fingerprint density at radius 1 is 0.889 bits per heavy atom. The van der Waals surface area contributed by atoms with Gasteiger partial charge in [0.05, 0.1) is 36.9 Å². The Kier molecular flexibility index (Phi) is 20.1. The molecule has 13 heteroatoms. The van der Waals surface area contributed by atoms with E-state index in [4.69, 9.17) is 14.2 Å². The molecule has 2 bridgehead atoms. The number of hydrogen-bond donors (Lipinski definition) is 4. The summed E-state index contributed by atoms with van der Waals surface area (Å²) in [6.07, 6.45) is 14.0. The summed E-state index contributed by atoms with van der Waals surface area (Å²) in [5.74, 6) is -8.88. The number of esters is 1. The molecule has 0 aromatic rings. The molecule has 1 amide bonds. The number of cyclic esters (lactones) is 1. The van der Waals surface area contributed by atoms with Gasteiger partial charge in [-0.25, -0.2) is 4.79 Å². The first kappa shape index (κ1) is 52.3. The number of amides is 1. The zero-order valence-electron chi connectivity index (χ0n) is 39.1. The van der Waals surface area contributed by atoms with E-state index in [0.29, 0.717) is 63.4 Å². The number of allylic oxidation sites excluding steroid dienone is 6. The summed E-state index contributed by atoms with van der Waals surface area (Å²) in [5, 5.41) is 43.7. The molecule has 4 N–H and O–H groups in total. The van der Waals surface area contributed by atoms with Gasteiger partial charge in [-0.2, -0.15) is 0 Å². The van der Waals surface area contributed by atoms with Gasteiger partial charge in [0.25, 0.3) is 11.7 Å². The molecule has 3 heterocycles. The third-order valence-electron chi connectivity index (χ3n) is 14.2. The lowest BCUT2D eigenvalue weighted by molar-refractivity contribution is -0.265. The van der Waals surface area contributed by atoms with Gasteiger partial charge in [0.1, 0.15) is 23.7 Å². The van der Waals surface area contributed by atoms with Crippen LogP contribution in [0.15, 0.2) is 47.6 Å². The molecular formula is C50H77NO12. The summed E-state index contributed by atoms with van der Waals surface area (Å²) in [7, 11) is 1.57. The first-order valence-electron chi connectivity index (χ1n) is 23.5. The molecule has 12 atom stereocenters. The van der Waals surface area contributed by atoms with E-state index in [9.17, 15) is 44.4 Å². The van der Waals surface area contributed by atoms with Crippen molar-refractivity contribution in [3.63, 3.8) is 0 Å². The van der Waals surface area contributed by atoms with E-state index in [1.54, 1.807) is 40.9 Å². The number of nitrogens with zero attached hydrogens (tertiary/aromatic N) is 1. The van der Waals surface area contributed by atoms with E-state index in [2.05, 4.69) is 0 Å². The highest BCUT2D eigenvalue weighted by atomic mass is 16.6. The number of rotatable bonds is 5. The minimum Gasteiger partial charge on any atom is -0.460 e. The normalized spacial score (nSPS) is 38.8. The Bertz CT molecular complexity index is 1690. The van der Waals surface area contributed by atoms with Gasteiger partial charge in [-0.1, -0.05) is 71.1 Å². The van der Waals surface area contributed by atoms with E-state index < -0.39 is 84.2 Å². The first-order chi connectivity index (χ1) is 29.8. The standard InChI is InChI=1S/C50H77NO12/c1-30-14-10-9-11-15-31(2)43(61-8)27-39-22-17-36(7)50(60,63-39)47(57)48(58)51-23-13-12-16-41(51)49(59)62-44(33(4)26-37-18-20-38(53)21-19-37)28-42(54)32(3)25-35(6)46(56)40(29-52)45(55)34(5)24-30/h9-11,14-15,25,30,32-34,36-41,43-44,46,52-53,56,60H,12-13,16-24,26-29H2,1-8H3/b11-9?,14-10+,31-15?,35-25+/t30-,32-,33-,34-,36-,37?,38?,39+,40+,41+,43+,44+,46-,50-/m1/s1. The van der Waals surface area contributed by atoms with E-state index in [1.807, 2.05) is 51.2 Å². The average Bonchev–Trinajstić information content (AvgIpc) is 3.26. The van der Waals surface area contributed by atoms with Crippen molar-refractivity contribution in [2.75, 3.05) is 20.3 Å². The number of carbonyl (C=O) groups excluding carboxylic acids is 5. The SMILES string of the molecule is CO[C@H]1C[C@@H]2CC[C@@H](C)[C@@](O)(O2)C(=O)C(=O)N2CCCC[C@H]2C(=O)O[C@H]([C@H](C)CC2CCC(O)CC2)CC(=O)[C@H](C)/C=C(\C)[C@@H](O)[C@@H](CO)C(=O)[C@H](C)C[C@H](C)/C=C/C=CC=C1C. The second-order valence-electron chi connectivity index (χ2n) is 19.4. The summed E-state index contributed by atoms with van der Waals surface area (Å²) < 4.78 is 18.2. The van der Waals surface area contributed by atoms with Crippen LogP contribution in [-0.2, 0) is 38.2 Å². The van der Waals surface area contributed by atoms with Crippen LogP contribution in [0.1, 0.15) is 132 Å². The molecule has 13 nitrogen and oxygen atoms in total. The summed E-state index contributed by atoms with van der Waals surface area (Å²) in [5.41, 5.74) is 1.24. The smallest absolute Gasteiger partial charge is 0.329 e. The zero-order valence-corrected chi connectivity index (χ0v) is 39.1. The van der Waals surface area contributed by atoms with Gasteiger partial charge in [0.15, 0.2) is 0 Å². The Labute approximate surface area is 375 Å². The third kappa shape index (κ3) is 14.1. The summed E-state index contributed by atoms with van der Waals surface area (Å²) in [4.78, 5) is 71.4. The van der Waals surface area contributed by atoms with Gasteiger partial charge < -0.3 is 39.5 Å². The van der Waals surface area contributed by atoms with Crippen LogP contribution in [0, 0.1) is 41.4 Å². The fourth-order valence-corrected chi connectivity index (χ4v) is 9.94. The maximum atomic E-state index is 14.3. The van der Waals surface area contributed by atoms with Crippen molar-refractivity contribution >= 4 is 29.2 Å². The summed E-state index contributed by atoms with van der Waals surface area (Å²) >= 11 is 0. The monoisotopic (exact) mass is 884 g/mol. The third-order valence-corrected chi connectivity index (χ3v) is 14.2. The molecular weight excluding hydrogens is 807 g/mol. The second-order valence-corrected chi connectivity index (χ2v) is 19.4. The lowest BCUT2D eigenvalue weighted by Gasteiger charge is -2.42. The van der Waals surface area contributed by atoms with Gasteiger partial charge in [-0.15, -0.1) is 0 Å². The van der Waals surface area contributed by atoms with Gasteiger partial charge in [0.2, 0.25) is 5.79 Å². The minimum atomic E-state index is -2.42. The van der Waals surface area contributed by atoms with Crippen molar-refractivity contribution in [3.8, 4) is 0 Å². The van der Waals surface area contributed by atoms with Crippen molar-refractivity contribution in [2.45, 2.75) is 174 Å². The molecule has 0 radical (unpaired) electrons. The van der Waals surface area contributed by atoms with Crippen LogP contribution >= 0.6 is 0 Å². The molecule has 0 spiro atoms. The Morgan fingerprint density at radius 3 is 2.25 bits per heavy atom. The predicted octanol–water partition coefficient (Wildman–Crippen LogP) is 6.15. The highest BCUT2D eigenvalue weighted by Gasteiger charge is 2.53.